The first-order chi connectivity index (χ1) is 10.2. The zero-order valence-electron chi connectivity index (χ0n) is 12.0. The third-order valence-electron chi connectivity index (χ3n) is 3.52. The van der Waals surface area contributed by atoms with Crippen LogP contribution in [0.2, 0.25) is 10.0 Å². The second-order valence-corrected chi connectivity index (χ2v) is 6.08. The maximum absolute atomic E-state index is 9.90. The normalized spacial score (nSPS) is 17.1. The first kappa shape index (κ1) is 16.8. The van der Waals surface area contributed by atoms with Crippen molar-refractivity contribution in [3.05, 3.63) is 28.2 Å². The van der Waals surface area contributed by atoms with Crippen molar-refractivity contribution in [3.63, 3.8) is 0 Å². The van der Waals surface area contributed by atoms with E-state index in [2.05, 4.69) is 10.2 Å². The molecule has 1 unspecified atom stereocenters. The van der Waals surface area contributed by atoms with Crippen molar-refractivity contribution < 1.29 is 9.84 Å². The third-order valence-corrected chi connectivity index (χ3v) is 4.12. The summed E-state index contributed by atoms with van der Waals surface area (Å²) in [6, 6.07) is 5.18. The molecule has 21 heavy (non-hydrogen) atoms. The van der Waals surface area contributed by atoms with Crippen molar-refractivity contribution in [2.45, 2.75) is 18.9 Å². The summed E-state index contributed by atoms with van der Waals surface area (Å²) in [4.78, 5) is 2.43. The second kappa shape index (κ2) is 8.81. The average Bonchev–Trinajstić information content (AvgIpc) is 2.96. The van der Waals surface area contributed by atoms with Crippen molar-refractivity contribution in [2.24, 2.45) is 0 Å². The number of nitrogens with one attached hydrogen (secondary N) is 1. The van der Waals surface area contributed by atoms with Crippen molar-refractivity contribution in [1.29, 1.82) is 0 Å². The molecule has 1 aromatic rings. The molecule has 2 N–H and O–H groups in total. The minimum atomic E-state index is -0.587. The van der Waals surface area contributed by atoms with Gasteiger partial charge in [0.05, 0.1) is 10.0 Å². The van der Waals surface area contributed by atoms with Crippen molar-refractivity contribution in [3.8, 4) is 5.75 Å². The lowest BCUT2D eigenvalue weighted by Gasteiger charge is -2.17. The summed E-state index contributed by atoms with van der Waals surface area (Å²) in [6.45, 7) is 4.96. The molecular weight excluding hydrogens is 311 g/mol. The van der Waals surface area contributed by atoms with E-state index in [9.17, 15) is 5.11 Å². The van der Waals surface area contributed by atoms with E-state index in [1.807, 2.05) is 0 Å². The summed E-state index contributed by atoms with van der Waals surface area (Å²) in [7, 11) is 0. The lowest BCUT2D eigenvalue weighted by Crippen LogP contribution is -2.36. The molecule has 1 aliphatic heterocycles. The molecule has 1 saturated heterocycles. The molecular formula is C15H22Cl2N2O2. The monoisotopic (exact) mass is 332 g/mol. The van der Waals surface area contributed by atoms with Gasteiger partial charge in [-0.1, -0.05) is 29.3 Å². The van der Waals surface area contributed by atoms with Crippen molar-refractivity contribution in [1.82, 2.24) is 10.2 Å². The van der Waals surface area contributed by atoms with Crippen molar-refractivity contribution in [2.75, 3.05) is 39.3 Å². The molecule has 0 bridgehead atoms. The largest absolute Gasteiger partial charge is 0.488 e. The molecule has 0 spiro atoms. The number of benzene rings is 1. The van der Waals surface area contributed by atoms with E-state index in [4.69, 9.17) is 27.9 Å². The van der Waals surface area contributed by atoms with Crippen molar-refractivity contribution >= 4 is 23.2 Å². The number of aliphatic hydroxyl groups excluding tert-OH is 1. The Morgan fingerprint density at radius 1 is 1.24 bits per heavy atom. The van der Waals surface area contributed by atoms with Gasteiger partial charge in [-0.2, -0.15) is 0 Å². The Morgan fingerprint density at radius 3 is 2.57 bits per heavy atom. The van der Waals surface area contributed by atoms with Gasteiger partial charge in [0.2, 0.25) is 0 Å². The summed E-state index contributed by atoms with van der Waals surface area (Å²) < 4.78 is 5.50. The number of likely N-dealkylation sites (tertiary alicyclic amines) is 1. The Morgan fingerprint density at radius 2 is 1.90 bits per heavy atom. The van der Waals surface area contributed by atoms with Gasteiger partial charge < -0.3 is 20.1 Å². The highest BCUT2D eigenvalue weighted by Crippen LogP contribution is 2.32. The van der Waals surface area contributed by atoms with E-state index in [0.29, 0.717) is 22.3 Å². The van der Waals surface area contributed by atoms with Crippen LogP contribution in [-0.4, -0.2) is 55.4 Å². The van der Waals surface area contributed by atoms with Crippen LogP contribution in [0.4, 0.5) is 0 Å². The predicted molar refractivity (Wildman–Crippen MR) is 86.5 cm³/mol. The Labute approximate surface area is 136 Å². The average molecular weight is 333 g/mol. The standard InChI is InChI=1S/C15H22Cl2N2O2/c16-13-4-3-5-14(17)15(13)21-11-12(20)10-18-6-9-19-7-1-2-8-19/h3-5,12,18,20H,1-2,6-11H2. The van der Waals surface area contributed by atoms with Gasteiger partial charge in [0.25, 0.3) is 0 Å². The molecule has 1 heterocycles. The maximum Gasteiger partial charge on any atom is 0.156 e. The maximum atomic E-state index is 9.90. The fourth-order valence-corrected chi connectivity index (χ4v) is 2.88. The molecule has 118 valence electrons. The van der Waals surface area contributed by atoms with Crippen LogP contribution in [0, 0.1) is 0 Å². The smallest absolute Gasteiger partial charge is 0.156 e. The Hall–Kier alpha value is -0.520. The highest BCUT2D eigenvalue weighted by molar-refractivity contribution is 6.37. The fourth-order valence-electron chi connectivity index (χ4n) is 2.37. The van der Waals surface area contributed by atoms with Crippen LogP contribution < -0.4 is 10.1 Å². The number of hydrogen-bond donors (Lipinski definition) is 2. The lowest BCUT2D eigenvalue weighted by atomic mass is 10.3. The predicted octanol–water partition coefficient (Wildman–Crippen LogP) is 2.42. The van der Waals surface area contributed by atoms with Gasteiger partial charge in [-0.05, 0) is 38.1 Å². The van der Waals surface area contributed by atoms with E-state index in [-0.39, 0.29) is 6.61 Å². The molecule has 1 aromatic carbocycles. The summed E-state index contributed by atoms with van der Waals surface area (Å²) in [5.41, 5.74) is 0. The van der Waals surface area contributed by atoms with E-state index >= 15 is 0 Å². The molecule has 1 atom stereocenters. The van der Waals surface area contributed by atoms with Crippen LogP contribution >= 0.6 is 23.2 Å². The van der Waals surface area contributed by atoms with Crippen LogP contribution in [0.5, 0.6) is 5.75 Å². The van der Waals surface area contributed by atoms with E-state index < -0.39 is 6.10 Å². The molecule has 0 amide bonds. The molecule has 0 aliphatic carbocycles. The molecule has 4 nitrogen and oxygen atoms in total. The first-order valence-corrected chi connectivity index (χ1v) is 8.10. The lowest BCUT2D eigenvalue weighted by molar-refractivity contribution is 0.106. The van der Waals surface area contributed by atoms with Crippen LogP contribution in [0.3, 0.4) is 0 Å². The topological polar surface area (TPSA) is 44.7 Å². The van der Waals surface area contributed by atoms with Crippen LogP contribution in [0.1, 0.15) is 12.8 Å². The Kier molecular flexibility index (Phi) is 7.07. The summed E-state index contributed by atoms with van der Waals surface area (Å²) in [5, 5.41) is 14.0. The van der Waals surface area contributed by atoms with E-state index in [0.717, 1.165) is 13.1 Å². The number of aliphatic hydroxyl groups is 1. The fraction of sp³-hybridized carbons (Fsp3) is 0.600. The number of hydrogen-bond acceptors (Lipinski definition) is 4. The molecule has 0 aromatic heterocycles. The highest BCUT2D eigenvalue weighted by atomic mass is 35.5. The molecule has 2 rings (SSSR count). The Bertz CT molecular complexity index is 419. The molecule has 6 heteroatoms. The van der Waals surface area contributed by atoms with Gasteiger partial charge in [0.1, 0.15) is 12.7 Å². The van der Waals surface area contributed by atoms with Crippen LogP contribution in [-0.2, 0) is 0 Å². The SMILES string of the molecule is OC(CNCCN1CCCC1)COc1c(Cl)cccc1Cl. The summed E-state index contributed by atoms with van der Waals surface area (Å²) in [6.07, 6.45) is 2.01. The zero-order valence-corrected chi connectivity index (χ0v) is 13.5. The number of para-hydroxylation sites is 1. The number of halogens is 2. The summed E-state index contributed by atoms with van der Waals surface area (Å²) >= 11 is 12.0. The van der Waals surface area contributed by atoms with Gasteiger partial charge in [-0.15, -0.1) is 0 Å². The number of nitrogens with zero attached hydrogens (tertiary/aromatic N) is 1. The first-order valence-electron chi connectivity index (χ1n) is 7.35. The third kappa shape index (κ3) is 5.64. The molecule has 0 radical (unpaired) electrons. The molecule has 1 fully saturated rings. The van der Waals surface area contributed by atoms with Gasteiger partial charge in [0, 0.05) is 19.6 Å². The number of rotatable bonds is 8. The van der Waals surface area contributed by atoms with Gasteiger partial charge >= 0.3 is 0 Å². The van der Waals surface area contributed by atoms with Gasteiger partial charge in [-0.3, -0.25) is 0 Å². The van der Waals surface area contributed by atoms with Crippen LogP contribution in [0.15, 0.2) is 18.2 Å². The Balaban J connectivity index is 1.62. The molecule has 0 saturated carbocycles. The van der Waals surface area contributed by atoms with E-state index in [1.54, 1.807) is 18.2 Å². The minimum Gasteiger partial charge on any atom is -0.488 e. The van der Waals surface area contributed by atoms with Crippen LogP contribution in [0.25, 0.3) is 0 Å². The van der Waals surface area contributed by atoms with Gasteiger partial charge in [-0.25, -0.2) is 0 Å². The zero-order chi connectivity index (χ0) is 15.1. The van der Waals surface area contributed by atoms with E-state index in [1.165, 1.54) is 25.9 Å². The van der Waals surface area contributed by atoms with Gasteiger partial charge in [0.15, 0.2) is 5.75 Å². The minimum absolute atomic E-state index is 0.167. The summed E-state index contributed by atoms with van der Waals surface area (Å²) in [5.74, 6) is 0.428. The molecule has 1 aliphatic rings. The highest BCUT2D eigenvalue weighted by Gasteiger charge is 2.12. The second-order valence-electron chi connectivity index (χ2n) is 5.27. The number of ether oxygens (including phenoxy) is 1. The quantitative estimate of drug-likeness (QED) is 0.717.